The van der Waals surface area contributed by atoms with Crippen molar-refractivity contribution in [3.05, 3.63) is 53.6 Å². The smallest absolute Gasteiger partial charge is 0.331 e. The van der Waals surface area contributed by atoms with Gasteiger partial charge in [-0.15, -0.1) is 0 Å². The number of fused-ring (bicyclic) bond motifs is 1. The first-order valence-corrected chi connectivity index (χ1v) is 9.27. The van der Waals surface area contributed by atoms with Crippen molar-refractivity contribution in [3.8, 4) is 23.0 Å². The van der Waals surface area contributed by atoms with Crippen molar-refractivity contribution in [2.24, 2.45) is 0 Å². The first-order chi connectivity index (χ1) is 14.5. The summed E-state index contributed by atoms with van der Waals surface area (Å²) in [5.74, 6) is 1.42. The van der Waals surface area contributed by atoms with Crippen molar-refractivity contribution in [1.29, 1.82) is 0 Å². The van der Waals surface area contributed by atoms with Crippen LogP contribution in [0.3, 0.4) is 0 Å². The number of carbonyl (C=O) groups is 2. The van der Waals surface area contributed by atoms with Crippen LogP contribution in [0.15, 0.2) is 42.5 Å². The van der Waals surface area contributed by atoms with E-state index in [9.17, 15) is 9.59 Å². The van der Waals surface area contributed by atoms with Crippen LogP contribution >= 0.6 is 0 Å². The van der Waals surface area contributed by atoms with Crippen LogP contribution in [0.5, 0.6) is 23.0 Å². The van der Waals surface area contributed by atoms with Crippen LogP contribution in [0.2, 0.25) is 0 Å². The maximum atomic E-state index is 12.2. The summed E-state index contributed by atoms with van der Waals surface area (Å²) in [5.41, 5.74) is 1.57. The number of benzene rings is 2. The molecule has 0 fully saturated rings. The molecule has 1 N–H and O–H groups in total. The van der Waals surface area contributed by atoms with Crippen molar-refractivity contribution in [2.75, 3.05) is 21.0 Å². The lowest BCUT2D eigenvalue weighted by Crippen LogP contribution is -2.35. The van der Waals surface area contributed by atoms with E-state index in [-0.39, 0.29) is 13.3 Å². The highest BCUT2D eigenvalue weighted by Gasteiger charge is 2.17. The molecule has 0 saturated carbocycles. The monoisotopic (exact) mass is 413 g/mol. The van der Waals surface area contributed by atoms with Crippen molar-refractivity contribution < 1.29 is 33.3 Å². The Morgan fingerprint density at radius 3 is 2.60 bits per heavy atom. The minimum absolute atomic E-state index is 0.189. The number of nitrogens with one attached hydrogen (secondary N) is 1. The normalized spacial score (nSPS) is 13.0. The van der Waals surface area contributed by atoms with Gasteiger partial charge in [-0.2, -0.15) is 0 Å². The highest BCUT2D eigenvalue weighted by molar-refractivity contribution is 5.90. The van der Waals surface area contributed by atoms with E-state index in [0.29, 0.717) is 23.0 Å². The summed E-state index contributed by atoms with van der Waals surface area (Å²) in [7, 11) is 3.08. The van der Waals surface area contributed by atoms with E-state index < -0.39 is 18.0 Å². The molecule has 0 aliphatic carbocycles. The first kappa shape index (κ1) is 21.0. The van der Waals surface area contributed by atoms with E-state index in [1.54, 1.807) is 43.5 Å². The van der Waals surface area contributed by atoms with Gasteiger partial charge in [0.15, 0.2) is 29.1 Å². The molecule has 2 aromatic carbocycles. The fourth-order valence-corrected chi connectivity index (χ4v) is 2.77. The number of ether oxygens (including phenoxy) is 5. The summed E-state index contributed by atoms with van der Waals surface area (Å²) in [6.07, 6.45) is 1.88. The highest BCUT2D eigenvalue weighted by Crippen LogP contribution is 2.32. The van der Waals surface area contributed by atoms with Gasteiger partial charge in [0.05, 0.1) is 14.2 Å². The summed E-state index contributed by atoms with van der Waals surface area (Å²) in [5, 5.41) is 2.73. The minimum atomic E-state index is -0.943. The Bertz CT molecular complexity index is 954. The zero-order valence-corrected chi connectivity index (χ0v) is 17.0. The van der Waals surface area contributed by atoms with Crippen LogP contribution < -0.4 is 24.3 Å². The fraction of sp³-hybridized carbons (Fsp3) is 0.273. The maximum Gasteiger partial charge on any atom is 0.331 e. The summed E-state index contributed by atoms with van der Waals surface area (Å²) in [6.45, 7) is 1.98. The molecule has 1 aliphatic rings. The first-order valence-electron chi connectivity index (χ1n) is 9.27. The number of hydrogen-bond donors (Lipinski definition) is 1. The maximum absolute atomic E-state index is 12.2. The predicted octanol–water partition coefficient (Wildman–Crippen LogP) is 2.69. The van der Waals surface area contributed by atoms with Gasteiger partial charge in [-0.3, -0.25) is 4.79 Å². The number of rotatable bonds is 8. The second-order valence-corrected chi connectivity index (χ2v) is 6.43. The highest BCUT2D eigenvalue weighted by atomic mass is 16.7. The molecule has 0 radical (unpaired) electrons. The topological polar surface area (TPSA) is 92.3 Å². The molecular formula is C22H23NO7. The lowest BCUT2D eigenvalue weighted by atomic mass is 10.2. The summed E-state index contributed by atoms with van der Waals surface area (Å²) < 4.78 is 26.1. The number of methoxy groups -OCH3 is 2. The Hall–Kier alpha value is -3.68. The third-order valence-electron chi connectivity index (χ3n) is 4.39. The van der Waals surface area contributed by atoms with Crippen LogP contribution in [-0.2, 0) is 20.9 Å². The zero-order chi connectivity index (χ0) is 21.5. The van der Waals surface area contributed by atoms with Crippen LogP contribution in [-0.4, -0.2) is 39.0 Å². The fourth-order valence-electron chi connectivity index (χ4n) is 2.77. The van der Waals surface area contributed by atoms with Gasteiger partial charge in [-0.25, -0.2) is 4.79 Å². The molecule has 0 bridgehead atoms. The lowest BCUT2D eigenvalue weighted by Gasteiger charge is -2.12. The number of carbonyl (C=O) groups excluding carboxylic acids is 2. The van der Waals surface area contributed by atoms with Gasteiger partial charge in [-0.05, 0) is 48.4 Å². The van der Waals surface area contributed by atoms with Crippen molar-refractivity contribution in [1.82, 2.24) is 5.32 Å². The van der Waals surface area contributed by atoms with Gasteiger partial charge in [-0.1, -0.05) is 12.1 Å². The summed E-state index contributed by atoms with van der Waals surface area (Å²) in [6, 6.07) is 10.6. The molecule has 2 aromatic rings. The molecule has 0 saturated heterocycles. The zero-order valence-electron chi connectivity index (χ0n) is 17.0. The second kappa shape index (κ2) is 9.69. The molecule has 1 amide bonds. The van der Waals surface area contributed by atoms with E-state index in [1.807, 2.05) is 6.07 Å². The van der Waals surface area contributed by atoms with Crippen LogP contribution in [0, 0.1) is 0 Å². The Morgan fingerprint density at radius 1 is 1.07 bits per heavy atom. The second-order valence-electron chi connectivity index (χ2n) is 6.43. The Labute approximate surface area is 174 Å². The summed E-state index contributed by atoms with van der Waals surface area (Å²) >= 11 is 0. The number of esters is 1. The van der Waals surface area contributed by atoms with Gasteiger partial charge in [0, 0.05) is 12.6 Å². The van der Waals surface area contributed by atoms with Crippen LogP contribution in [0.4, 0.5) is 0 Å². The molecule has 1 aliphatic heterocycles. The predicted molar refractivity (Wildman–Crippen MR) is 109 cm³/mol. The van der Waals surface area contributed by atoms with Gasteiger partial charge < -0.3 is 29.0 Å². The van der Waals surface area contributed by atoms with Gasteiger partial charge in [0.1, 0.15) is 0 Å². The molecule has 0 spiro atoms. The standard InChI is InChI=1S/C22H23NO7/c1-14(22(25)23-12-16-5-8-18-20(11-16)29-13-28-18)30-21(24)9-6-15-4-7-17(26-2)19(10-15)27-3/h4-11,14H,12-13H2,1-3H3,(H,23,25)/b9-6+/t14-/m0/s1. The number of hydrogen-bond acceptors (Lipinski definition) is 7. The van der Waals surface area contributed by atoms with Crippen LogP contribution in [0.1, 0.15) is 18.1 Å². The molecular weight excluding hydrogens is 390 g/mol. The minimum Gasteiger partial charge on any atom is -0.493 e. The van der Waals surface area contributed by atoms with Crippen LogP contribution in [0.25, 0.3) is 6.08 Å². The van der Waals surface area contributed by atoms with Crippen molar-refractivity contribution >= 4 is 18.0 Å². The molecule has 3 rings (SSSR count). The SMILES string of the molecule is COc1ccc(/C=C/C(=O)O[C@@H](C)C(=O)NCc2ccc3c(c2)OCO3)cc1OC. The van der Waals surface area contributed by atoms with Gasteiger partial charge >= 0.3 is 5.97 Å². The average Bonchev–Trinajstić information content (AvgIpc) is 3.23. The molecule has 30 heavy (non-hydrogen) atoms. The Morgan fingerprint density at radius 2 is 1.83 bits per heavy atom. The molecule has 0 aromatic heterocycles. The molecule has 158 valence electrons. The summed E-state index contributed by atoms with van der Waals surface area (Å²) in [4.78, 5) is 24.3. The van der Waals surface area contributed by atoms with E-state index in [1.165, 1.54) is 20.1 Å². The van der Waals surface area contributed by atoms with Gasteiger partial charge in [0.25, 0.3) is 5.91 Å². The third kappa shape index (κ3) is 5.22. The van der Waals surface area contributed by atoms with Crippen molar-refractivity contribution in [2.45, 2.75) is 19.6 Å². The van der Waals surface area contributed by atoms with E-state index >= 15 is 0 Å². The molecule has 1 atom stereocenters. The van der Waals surface area contributed by atoms with E-state index in [0.717, 1.165) is 11.1 Å². The molecule has 8 heteroatoms. The largest absolute Gasteiger partial charge is 0.493 e. The third-order valence-corrected chi connectivity index (χ3v) is 4.39. The lowest BCUT2D eigenvalue weighted by molar-refractivity contribution is -0.150. The molecule has 8 nitrogen and oxygen atoms in total. The molecule has 1 heterocycles. The average molecular weight is 413 g/mol. The number of amides is 1. The molecule has 0 unspecified atom stereocenters. The van der Waals surface area contributed by atoms with Gasteiger partial charge in [0.2, 0.25) is 6.79 Å². The van der Waals surface area contributed by atoms with Crippen molar-refractivity contribution in [3.63, 3.8) is 0 Å². The Kier molecular flexibility index (Phi) is 6.79. The van der Waals surface area contributed by atoms with E-state index in [4.69, 9.17) is 23.7 Å². The quantitative estimate of drug-likeness (QED) is 0.525. The van der Waals surface area contributed by atoms with E-state index in [2.05, 4.69) is 5.32 Å². The Balaban J connectivity index is 1.49.